The van der Waals surface area contributed by atoms with E-state index in [1.165, 1.54) is 11.3 Å². The molecule has 3 aromatic heterocycles. The number of ether oxygens (including phenoxy) is 1. The van der Waals surface area contributed by atoms with E-state index in [0.717, 1.165) is 27.7 Å². The number of amides is 1. The van der Waals surface area contributed by atoms with Gasteiger partial charge >= 0.3 is 0 Å². The van der Waals surface area contributed by atoms with Gasteiger partial charge in [0.2, 0.25) is 5.88 Å². The number of carbonyl (C=O) groups is 1. The lowest BCUT2D eigenvalue weighted by Crippen LogP contribution is -2.31. The second-order valence-electron chi connectivity index (χ2n) is 8.76. The molecule has 1 aromatic carbocycles. The van der Waals surface area contributed by atoms with Crippen LogP contribution < -0.4 is 9.64 Å². The molecule has 0 saturated heterocycles. The summed E-state index contributed by atoms with van der Waals surface area (Å²) in [4.78, 5) is 28.6. The van der Waals surface area contributed by atoms with Crippen molar-refractivity contribution in [3.63, 3.8) is 0 Å². The maximum atomic E-state index is 13.5. The fourth-order valence-corrected chi connectivity index (χ4v) is 4.65. The van der Waals surface area contributed by atoms with E-state index in [9.17, 15) is 4.79 Å². The lowest BCUT2D eigenvalue weighted by Gasteiger charge is -2.21. The highest BCUT2D eigenvalue weighted by atomic mass is 32.1. The number of hydrogen-bond donors (Lipinski definition) is 0. The van der Waals surface area contributed by atoms with Crippen LogP contribution in [0.15, 0.2) is 54.7 Å². The van der Waals surface area contributed by atoms with Crippen molar-refractivity contribution >= 4 is 23.1 Å². The van der Waals surface area contributed by atoms with Gasteiger partial charge in [0.1, 0.15) is 21.7 Å². The second-order valence-corrected chi connectivity index (χ2v) is 10.0. The quantitative estimate of drug-likeness (QED) is 0.357. The van der Waals surface area contributed by atoms with Crippen LogP contribution in [0.5, 0.6) is 5.88 Å². The molecule has 0 unspecified atom stereocenters. The molecule has 0 aliphatic heterocycles. The van der Waals surface area contributed by atoms with Gasteiger partial charge in [-0.3, -0.25) is 14.7 Å². The third-order valence-corrected chi connectivity index (χ3v) is 6.71. The van der Waals surface area contributed by atoms with Gasteiger partial charge in [0.15, 0.2) is 0 Å². The number of pyridine rings is 1. The Balaban J connectivity index is 1.35. The van der Waals surface area contributed by atoms with Crippen molar-refractivity contribution < 1.29 is 9.53 Å². The van der Waals surface area contributed by atoms with E-state index >= 15 is 0 Å². The molecule has 0 N–H and O–H groups in total. The SMILES string of the molecule is Cc1ccc([C@H]2C[C@@H]2COc2cc(N(Cc3nnc(C)s3)C(=O)c3ccccc3)nc(C)n2)nc1. The first kappa shape index (κ1) is 23.0. The fourth-order valence-electron chi connectivity index (χ4n) is 3.95. The molecule has 1 saturated carbocycles. The summed E-state index contributed by atoms with van der Waals surface area (Å²) in [5, 5.41) is 9.88. The van der Waals surface area contributed by atoms with Gasteiger partial charge in [-0.2, -0.15) is 4.98 Å². The average Bonchev–Trinajstić information content (AvgIpc) is 3.53. The minimum Gasteiger partial charge on any atom is -0.477 e. The van der Waals surface area contributed by atoms with Crippen molar-refractivity contribution in [2.45, 2.75) is 39.7 Å². The molecule has 2 atom stereocenters. The number of benzene rings is 1. The monoisotopic (exact) mass is 486 g/mol. The summed E-state index contributed by atoms with van der Waals surface area (Å²) in [5.74, 6) is 2.10. The second kappa shape index (κ2) is 9.87. The number of rotatable bonds is 8. The number of nitrogens with zero attached hydrogens (tertiary/aromatic N) is 6. The van der Waals surface area contributed by atoms with E-state index in [0.29, 0.717) is 41.5 Å². The summed E-state index contributed by atoms with van der Waals surface area (Å²) in [5.41, 5.74) is 2.83. The maximum Gasteiger partial charge on any atom is 0.259 e. The third-order valence-electron chi connectivity index (χ3n) is 5.89. The molecule has 1 fully saturated rings. The zero-order chi connectivity index (χ0) is 24.4. The van der Waals surface area contributed by atoms with Gasteiger partial charge in [0, 0.05) is 35.4 Å². The summed E-state index contributed by atoms with van der Waals surface area (Å²) in [7, 11) is 0. The van der Waals surface area contributed by atoms with Crippen LogP contribution in [-0.2, 0) is 6.54 Å². The van der Waals surface area contributed by atoms with E-state index < -0.39 is 0 Å². The molecule has 1 amide bonds. The van der Waals surface area contributed by atoms with Gasteiger partial charge in [0.05, 0.1) is 13.2 Å². The Morgan fingerprint density at radius 3 is 2.63 bits per heavy atom. The van der Waals surface area contributed by atoms with E-state index in [2.05, 4.69) is 37.3 Å². The zero-order valence-corrected chi connectivity index (χ0v) is 20.7. The predicted molar refractivity (Wildman–Crippen MR) is 134 cm³/mol. The Labute approximate surface area is 208 Å². The standard InChI is InChI=1S/C26H26N6O2S/c1-16-9-10-22(27-13-16)21-11-20(21)15-34-24-12-23(28-17(2)29-24)32(14-25-31-30-18(3)35-25)26(33)19-7-5-4-6-8-19/h4-10,12-13,20-21H,11,14-15H2,1-3H3/t20-,21+/m1/s1. The number of anilines is 1. The van der Waals surface area contributed by atoms with Crippen LogP contribution in [0, 0.1) is 26.7 Å². The zero-order valence-electron chi connectivity index (χ0n) is 19.9. The summed E-state index contributed by atoms with van der Waals surface area (Å²) in [6.07, 6.45) is 2.95. The van der Waals surface area contributed by atoms with Crippen LogP contribution in [0.2, 0.25) is 0 Å². The molecular formula is C26H26N6O2S. The minimum absolute atomic E-state index is 0.171. The highest BCUT2D eigenvalue weighted by molar-refractivity contribution is 7.11. The first-order valence-corrected chi connectivity index (χ1v) is 12.3. The van der Waals surface area contributed by atoms with Crippen LogP contribution in [-0.4, -0.2) is 37.7 Å². The number of hydrogen-bond acceptors (Lipinski definition) is 8. The first-order valence-electron chi connectivity index (χ1n) is 11.5. The molecule has 3 heterocycles. The number of aromatic nitrogens is 5. The topological polar surface area (TPSA) is 94.0 Å². The summed E-state index contributed by atoms with van der Waals surface area (Å²) in [6, 6.07) is 15.1. The molecule has 0 radical (unpaired) electrons. The van der Waals surface area contributed by atoms with Crippen molar-refractivity contribution in [1.29, 1.82) is 0 Å². The normalized spacial score (nSPS) is 16.7. The van der Waals surface area contributed by atoms with Gasteiger partial charge in [-0.15, -0.1) is 10.2 Å². The molecule has 4 aromatic rings. The Morgan fingerprint density at radius 2 is 1.91 bits per heavy atom. The molecule has 1 aliphatic rings. The molecule has 178 valence electrons. The van der Waals surface area contributed by atoms with Crippen LogP contribution >= 0.6 is 11.3 Å². The van der Waals surface area contributed by atoms with Gasteiger partial charge in [-0.1, -0.05) is 35.6 Å². The van der Waals surface area contributed by atoms with Crippen molar-refractivity contribution in [3.8, 4) is 5.88 Å². The Hall–Kier alpha value is -3.72. The van der Waals surface area contributed by atoms with Crippen LogP contribution in [0.3, 0.4) is 0 Å². The van der Waals surface area contributed by atoms with Crippen molar-refractivity contribution in [1.82, 2.24) is 25.1 Å². The molecule has 5 rings (SSSR count). The van der Waals surface area contributed by atoms with Crippen LogP contribution in [0.25, 0.3) is 0 Å². The van der Waals surface area contributed by atoms with Crippen molar-refractivity contribution in [3.05, 3.63) is 87.4 Å². The minimum atomic E-state index is -0.171. The summed E-state index contributed by atoms with van der Waals surface area (Å²) >= 11 is 1.46. The fraction of sp³-hybridized carbons (Fsp3) is 0.308. The summed E-state index contributed by atoms with van der Waals surface area (Å²) in [6.45, 7) is 6.53. The average molecular weight is 487 g/mol. The van der Waals surface area contributed by atoms with E-state index in [4.69, 9.17) is 4.74 Å². The first-order chi connectivity index (χ1) is 17.0. The van der Waals surface area contributed by atoms with E-state index in [1.807, 2.05) is 38.2 Å². The van der Waals surface area contributed by atoms with E-state index in [1.54, 1.807) is 30.0 Å². The molecule has 0 spiro atoms. The van der Waals surface area contributed by atoms with Gasteiger partial charge in [0.25, 0.3) is 5.91 Å². The highest BCUT2D eigenvalue weighted by Gasteiger charge is 2.40. The predicted octanol–water partition coefficient (Wildman–Crippen LogP) is 4.68. The van der Waals surface area contributed by atoms with Crippen molar-refractivity contribution in [2.24, 2.45) is 5.92 Å². The van der Waals surface area contributed by atoms with Gasteiger partial charge in [-0.05, 0) is 51.0 Å². The third kappa shape index (κ3) is 5.51. The molecule has 35 heavy (non-hydrogen) atoms. The van der Waals surface area contributed by atoms with Gasteiger partial charge in [-0.25, -0.2) is 4.98 Å². The highest BCUT2D eigenvalue weighted by Crippen LogP contribution is 2.46. The molecule has 9 heteroatoms. The Bertz CT molecular complexity index is 1330. The smallest absolute Gasteiger partial charge is 0.259 e. The lowest BCUT2D eigenvalue weighted by molar-refractivity contribution is 0.0984. The molecular weight excluding hydrogens is 460 g/mol. The van der Waals surface area contributed by atoms with Crippen LogP contribution in [0.1, 0.15) is 49.8 Å². The molecule has 0 bridgehead atoms. The number of aryl methyl sites for hydroxylation is 3. The lowest BCUT2D eigenvalue weighted by atomic mass is 10.2. The molecule has 8 nitrogen and oxygen atoms in total. The Morgan fingerprint density at radius 1 is 1.09 bits per heavy atom. The largest absolute Gasteiger partial charge is 0.477 e. The van der Waals surface area contributed by atoms with Crippen molar-refractivity contribution in [2.75, 3.05) is 11.5 Å². The molecule has 1 aliphatic carbocycles. The summed E-state index contributed by atoms with van der Waals surface area (Å²) < 4.78 is 6.07. The van der Waals surface area contributed by atoms with Gasteiger partial charge < -0.3 is 4.74 Å². The Kier molecular flexibility index (Phi) is 6.50. The number of carbonyl (C=O) groups excluding carboxylic acids is 1. The van der Waals surface area contributed by atoms with E-state index in [-0.39, 0.29) is 12.5 Å². The maximum absolute atomic E-state index is 13.5. The van der Waals surface area contributed by atoms with Crippen LogP contribution in [0.4, 0.5) is 5.82 Å².